The zero-order valence-electron chi connectivity index (χ0n) is 12.0. The van der Waals surface area contributed by atoms with Crippen molar-refractivity contribution in [3.8, 4) is 11.1 Å². The van der Waals surface area contributed by atoms with Gasteiger partial charge < -0.3 is 0 Å². The van der Waals surface area contributed by atoms with Crippen molar-refractivity contribution >= 4 is 0 Å². The van der Waals surface area contributed by atoms with E-state index in [1.807, 2.05) is 0 Å². The van der Waals surface area contributed by atoms with Gasteiger partial charge in [-0.2, -0.15) is 0 Å². The monoisotopic (exact) mass is 238 g/mol. The first-order chi connectivity index (χ1) is 8.50. The fourth-order valence-electron chi connectivity index (χ4n) is 2.63. The van der Waals surface area contributed by atoms with Crippen molar-refractivity contribution in [1.29, 1.82) is 0 Å². The molecule has 94 valence electrons. The van der Waals surface area contributed by atoms with Crippen LogP contribution >= 0.6 is 0 Å². The van der Waals surface area contributed by atoms with Crippen molar-refractivity contribution in [2.24, 2.45) is 0 Å². The number of benzene rings is 2. The minimum Gasteiger partial charge on any atom is -0.0620 e. The molecule has 0 saturated heterocycles. The van der Waals surface area contributed by atoms with E-state index in [1.54, 1.807) is 0 Å². The number of hydrogen-bond donors (Lipinski definition) is 0. The van der Waals surface area contributed by atoms with E-state index in [4.69, 9.17) is 0 Å². The van der Waals surface area contributed by atoms with Crippen molar-refractivity contribution < 1.29 is 0 Å². The summed E-state index contributed by atoms with van der Waals surface area (Å²) in [5.74, 6) is 0.592. The zero-order valence-corrected chi connectivity index (χ0v) is 12.0. The lowest BCUT2D eigenvalue weighted by molar-refractivity contribution is 0.855. The fourth-order valence-corrected chi connectivity index (χ4v) is 2.63. The van der Waals surface area contributed by atoms with Crippen molar-refractivity contribution in [3.63, 3.8) is 0 Å². The van der Waals surface area contributed by atoms with Gasteiger partial charge in [-0.1, -0.05) is 50.2 Å². The molecule has 0 unspecified atom stereocenters. The van der Waals surface area contributed by atoms with Crippen LogP contribution in [0.15, 0.2) is 36.4 Å². The van der Waals surface area contributed by atoms with Gasteiger partial charge >= 0.3 is 0 Å². The van der Waals surface area contributed by atoms with E-state index in [0.717, 1.165) is 0 Å². The second-order valence-corrected chi connectivity index (χ2v) is 5.49. The first-order valence-electron chi connectivity index (χ1n) is 6.68. The Morgan fingerprint density at radius 3 is 2.00 bits per heavy atom. The van der Waals surface area contributed by atoms with Gasteiger partial charge in [-0.15, -0.1) is 0 Å². The summed E-state index contributed by atoms with van der Waals surface area (Å²) < 4.78 is 0. The normalized spacial score (nSPS) is 11.0. The standard InChI is InChI=1S/C18H22/c1-12(2)17-10-15(5)18(11-14(17)4)16-9-7-6-8-13(16)3/h6-12H,1-5H3. The second kappa shape index (κ2) is 4.97. The summed E-state index contributed by atoms with van der Waals surface area (Å²) >= 11 is 0. The molecule has 0 saturated carbocycles. The third-order valence-electron chi connectivity index (χ3n) is 3.67. The Morgan fingerprint density at radius 1 is 0.722 bits per heavy atom. The van der Waals surface area contributed by atoms with Crippen LogP contribution in [0.25, 0.3) is 11.1 Å². The van der Waals surface area contributed by atoms with Crippen LogP contribution in [0.5, 0.6) is 0 Å². The van der Waals surface area contributed by atoms with Crippen LogP contribution in [0.4, 0.5) is 0 Å². The first-order valence-corrected chi connectivity index (χ1v) is 6.68. The summed E-state index contributed by atoms with van der Waals surface area (Å²) in [5, 5.41) is 0. The van der Waals surface area contributed by atoms with Gasteiger partial charge in [0.15, 0.2) is 0 Å². The molecule has 0 heteroatoms. The SMILES string of the molecule is Cc1ccccc1-c1cc(C)c(C(C)C)cc1C. The Labute approximate surface area is 111 Å². The van der Waals surface area contributed by atoms with Crippen molar-refractivity contribution in [3.05, 3.63) is 58.7 Å². The average Bonchev–Trinajstić information content (AvgIpc) is 2.32. The van der Waals surface area contributed by atoms with Gasteiger partial charge in [0.05, 0.1) is 0 Å². The molecule has 0 aliphatic heterocycles. The summed E-state index contributed by atoms with van der Waals surface area (Å²) in [6, 6.07) is 13.3. The number of hydrogen-bond acceptors (Lipinski definition) is 0. The molecule has 0 aliphatic carbocycles. The largest absolute Gasteiger partial charge is 0.0620 e. The molecule has 0 nitrogen and oxygen atoms in total. The van der Waals surface area contributed by atoms with Gasteiger partial charge in [-0.25, -0.2) is 0 Å². The maximum atomic E-state index is 2.35. The Bertz CT molecular complexity index is 562. The van der Waals surface area contributed by atoms with Gasteiger partial charge in [-0.3, -0.25) is 0 Å². The highest BCUT2D eigenvalue weighted by molar-refractivity contribution is 5.71. The van der Waals surface area contributed by atoms with Crippen LogP contribution in [0.1, 0.15) is 42.0 Å². The highest BCUT2D eigenvalue weighted by atomic mass is 14.1. The summed E-state index contributed by atoms with van der Waals surface area (Å²) in [6.45, 7) is 11.1. The van der Waals surface area contributed by atoms with Crippen LogP contribution in [0, 0.1) is 20.8 Å². The van der Waals surface area contributed by atoms with Gasteiger partial charge in [0.2, 0.25) is 0 Å². The number of aryl methyl sites for hydroxylation is 3. The van der Waals surface area contributed by atoms with Crippen molar-refractivity contribution in [2.75, 3.05) is 0 Å². The Kier molecular flexibility index (Phi) is 3.56. The summed E-state index contributed by atoms with van der Waals surface area (Å²) in [5.41, 5.74) is 8.30. The molecular weight excluding hydrogens is 216 g/mol. The molecule has 0 aliphatic rings. The molecule has 0 amide bonds. The topological polar surface area (TPSA) is 0 Å². The van der Waals surface area contributed by atoms with Crippen LogP contribution in [0.2, 0.25) is 0 Å². The molecule has 0 N–H and O–H groups in total. The molecule has 2 aromatic carbocycles. The third kappa shape index (κ3) is 2.33. The predicted molar refractivity (Wildman–Crippen MR) is 80.2 cm³/mol. The summed E-state index contributed by atoms with van der Waals surface area (Å²) in [6.07, 6.45) is 0. The maximum Gasteiger partial charge on any atom is -0.0149 e. The molecular formula is C18H22. The molecule has 2 aromatic rings. The average molecular weight is 238 g/mol. The quantitative estimate of drug-likeness (QED) is 0.657. The molecule has 0 aromatic heterocycles. The third-order valence-corrected chi connectivity index (χ3v) is 3.67. The smallest absolute Gasteiger partial charge is 0.0149 e. The summed E-state index contributed by atoms with van der Waals surface area (Å²) in [4.78, 5) is 0. The van der Waals surface area contributed by atoms with E-state index in [1.165, 1.54) is 33.4 Å². The highest BCUT2D eigenvalue weighted by Gasteiger charge is 2.10. The van der Waals surface area contributed by atoms with E-state index in [-0.39, 0.29) is 0 Å². The van der Waals surface area contributed by atoms with Crippen molar-refractivity contribution in [2.45, 2.75) is 40.5 Å². The molecule has 2 rings (SSSR count). The van der Waals surface area contributed by atoms with E-state index >= 15 is 0 Å². The lowest BCUT2D eigenvalue weighted by Crippen LogP contribution is -1.96. The Balaban J connectivity index is 2.61. The van der Waals surface area contributed by atoms with Gasteiger partial charge in [0.25, 0.3) is 0 Å². The Morgan fingerprint density at radius 2 is 1.39 bits per heavy atom. The highest BCUT2D eigenvalue weighted by Crippen LogP contribution is 2.31. The van der Waals surface area contributed by atoms with E-state index < -0.39 is 0 Å². The van der Waals surface area contributed by atoms with E-state index in [0.29, 0.717) is 5.92 Å². The molecule has 0 bridgehead atoms. The van der Waals surface area contributed by atoms with Gasteiger partial charge in [-0.05, 0) is 60.1 Å². The minimum atomic E-state index is 0.592. The first kappa shape index (κ1) is 12.9. The molecule has 0 heterocycles. The lowest BCUT2D eigenvalue weighted by Gasteiger charge is -2.16. The van der Waals surface area contributed by atoms with E-state index in [2.05, 4.69) is 71.0 Å². The molecule has 0 spiro atoms. The fraction of sp³-hybridized carbons (Fsp3) is 0.333. The molecule has 0 atom stereocenters. The predicted octanol–water partition coefficient (Wildman–Crippen LogP) is 5.40. The maximum absolute atomic E-state index is 2.35. The number of rotatable bonds is 2. The second-order valence-electron chi connectivity index (χ2n) is 5.49. The van der Waals surface area contributed by atoms with Crippen molar-refractivity contribution in [1.82, 2.24) is 0 Å². The molecule has 18 heavy (non-hydrogen) atoms. The van der Waals surface area contributed by atoms with E-state index in [9.17, 15) is 0 Å². The van der Waals surface area contributed by atoms with Crippen LogP contribution in [-0.2, 0) is 0 Å². The molecule has 0 radical (unpaired) electrons. The van der Waals surface area contributed by atoms with Gasteiger partial charge in [0, 0.05) is 0 Å². The molecule has 0 fully saturated rings. The van der Waals surface area contributed by atoms with Crippen LogP contribution < -0.4 is 0 Å². The van der Waals surface area contributed by atoms with Crippen LogP contribution in [0.3, 0.4) is 0 Å². The Hall–Kier alpha value is -1.56. The lowest BCUT2D eigenvalue weighted by atomic mass is 9.89. The van der Waals surface area contributed by atoms with Gasteiger partial charge in [0.1, 0.15) is 0 Å². The van der Waals surface area contributed by atoms with Crippen LogP contribution in [-0.4, -0.2) is 0 Å². The zero-order chi connectivity index (χ0) is 13.3. The minimum absolute atomic E-state index is 0.592. The summed E-state index contributed by atoms with van der Waals surface area (Å²) in [7, 11) is 0.